The Hall–Kier alpha value is -2.57. The summed E-state index contributed by atoms with van der Waals surface area (Å²) in [4.78, 5) is 19.9. The average Bonchev–Trinajstić information content (AvgIpc) is 3.05. The van der Waals surface area contributed by atoms with Gasteiger partial charge in [-0.25, -0.2) is 4.98 Å². The molecule has 1 amide bonds. The molecule has 0 aliphatic rings. The van der Waals surface area contributed by atoms with Crippen LogP contribution in [-0.4, -0.2) is 29.5 Å². The van der Waals surface area contributed by atoms with E-state index in [1.54, 1.807) is 18.2 Å². The molecule has 1 heterocycles. The van der Waals surface area contributed by atoms with Crippen LogP contribution in [0.25, 0.3) is 11.0 Å². The highest BCUT2D eigenvalue weighted by Gasteiger charge is 2.12. The number of methoxy groups -OCH3 is 1. The first-order valence-electron chi connectivity index (χ1n) is 7.88. The van der Waals surface area contributed by atoms with Crippen molar-refractivity contribution < 1.29 is 9.53 Å². The molecule has 3 N–H and O–H groups in total. The van der Waals surface area contributed by atoms with E-state index in [4.69, 9.17) is 16.3 Å². The minimum absolute atomic E-state index is 0.0853. The van der Waals surface area contributed by atoms with Gasteiger partial charge >= 0.3 is 0 Å². The number of benzene rings is 2. The largest absolute Gasteiger partial charge is 0.495 e. The number of aromatic amines is 1. The highest BCUT2D eigenvalue weighted by atomic mass is 35.5. The lowest BCUT2D eigenvalue weighted by Crippen LogP contribution is -2.30. The molecule has 25 heavy (non-hydrogen) atoms. The highest BCUT2D eigenvalue weighted by molar-refractivity contribution is 6.32. The van der Waals surface area contributed by atoms with Gasteiger partial charge in [0.05, 0.1) is 35.8 Å². The first-order valence-corrected chi connectivity index (χ1v) is 8.26. The molecule has 0 fully saturated rings. The molecule has 1 atom stereocenters. The summed E-state index contributed by atoms with van der Waals surface area (Å²) in [6.45, 7) is 2.11. The van der Waals surface area contributed by atoms with Crippen molar-refractivity contribution in [2.75, 3.05) is 19.0 Å². The minimum Gasteiger partial charge on any atom is -0.495 e. The lowest BCUT2D eigenvalue weighted by atomic mass is 10.3. The second kappa shape index (κ2) is 7.55. The maximum Gasteiger partial charge on any atom is 0.238 e. The Balaban J connectivity index is 1.58. The number of anilines is 1. The smallest absolute Gasteiger partial charge is 0.238 e. The molecule has 0 radical (unpaired) electrons. The average molecular weight is 359 g/mol. The van der Waals surface area contributed by atoms with Crippen LogP contribution in [0.4, 0.5) is 5.69 Å². The number of halogens is 1. The van der Waals surface area contributed by atoms with Gasteiger partial charge in [0.15, 0.2) is 0 Å². The number of ether oxygens (including phenoxy) is 1. The van der Waals surface area contributed by atoms with Gasteiger partial charge in [0, 0.05) is 11.8 Å². The van der Waals surface area contributed by atoms with E-state index in [-0.39, 0.29) is 18.5 Å². The van der Waals surface area contributed by atoms with Gasteiger partial charge in [-0.1, -0.05) is 23.7 Å². The van der Waals surface area contributed by atoms with Crippen molar-refractivity contribution in [2.45, 2.75) is 13.0 Å². The molecule has 0 aliphatic carbocycles. The number of amides is 1. The zero-order valence-electron chi connectivity index (χ0n) is 14.0. The van der Waals surface area contributed by atoms with Crippen LogP contribution in [-0.2, 0) is 4.79 Å². The van der Waals surface area contributed by atoms with Gasteiger partial charge in [0.2, 0.25) is 5.91 Å². The van der Waals surface area contributed by atoms with Crippen LogP contribution in [0.15, 0.2) is 42.5 Å². The molecule has 0 aliphatic heterocycles. The molecule has 130 valence electrons. The third kappa shape index (κ3) is 4.10. The predicted octanol–water partition coefficient (Wildman–Crippen LogP) is 3.51. The van der Waals surface area contributed by atoms with Gasteiger partial charge in [-0.2, -0.15) is 0 Å². The molecule has 6 nitrogen and oxygen atoms in total. The van der Waals surface area contributed by atoms with E-state index in [1.165, 1.54) is 7.11 Å². The molecule has 3 aromatic rings. The maximum atomic E-state index is 12.1. The second-order valence-electron chi connectivity index (χ2n) is 5.64. The summed E-state index contributed by atoms with van der Waals surface area (Å²) in [7, 11) is 1.53. The molecular weight excluding hydrogens is 340 g/mol. The number of imidazole rings is 1. The lowest BCUT2D eigenvalue weighted by Gasteiger charge is -2.12. The summed E-state index contributed by atoms with van der Waals surface area (Å²) in [6, 6.07) is 12.8. The van der Waals surface area contributed by atoms with Gasteiger partial charge in [-0.15, -0.1) is 0 Å². The Morgan fingerprint density at radius 3 is 2.88 bits per heavy atom. The van der Waals surface area contributed by atoms with E-state index < -0.39 is 0 Å². The fourth-order valence-electron chi connectivity index (χ4n) is 2.46. The summed E-state index contributed by atoms with van der Waals surface area (Å²) in [6.07, 6.45) is 0. The van der Waals surface area contributed by atoms with E-state index in [0.717, 1.165) is 16.9 Å². The van der Waals surface area contributed by atoms with E-state index in [9.17, 15) is 4.79 Å². The Morgan fingerprint density at radius 2 is 2.12 bits per heavy atom. The normalized spacial score (nSPS) is 12.1. The quantitative estimate of drug-likeness (QED) is 0.630. The van der Waals surface area contributed by atoms with Crippen molar-refractivity contribution in [1.82, 2.24) is 15.3 Å². The number of aromatic nitrogens is 2. The number of carbonyl (C=O) groups excluding carboxylic acids is 1. The van der Waals surface area contributed by atoms with E-state index in [1.807, 2.05) is 31.2 Å². The van der Waals surface area contributed by atoms with Crippen molar-refractivity contribution in [2.24, 2.45) is 0 Å². The van der Waals surface area contributed by atoms with Crippen molar-refractivity contribution in [3.8, 4) is 5.75 Å². The first kappa shape index (κ1) is 17.3. The topological polar surface area (TPSA) is 79.0 Å². The van der Waals surface area contributed by atoms with Gasteiger partial charge in [-0.05, 0) is 31.2 Å². The SMILES string of the molecule is COc1cc(NC(=O)CNC(C)c2nc3ccccc3[nH]2)ccc1Cl. The summed E-state index contributed by atoms with van der Waals surface area (Å²) in [5.41, 5.74) is 2.51. The molecule has 1 aromatic heterocycles. The predicted molar refractivity (Wildman–Crippen MR) is 99.1 cm³/mol. The van der Waals surface area contributed by atoms with Gasteiger partial charge in [0.25, 0.3) is 0 Å². The number of carbonyl (C=O) groups is 1. The van der Waals surface area contributed by atoms with Crippen LogP contribution < -0.4 is 15.4 Å². The number of H-pyrrole nitrogens is 1. The number of para-hydroxylation sites is 2. The van der Waals surface area contributed by atoms with Crippen LogP contribution in [0, 0.1) is 0 Å². The molecule has 3 rings (SSSR count). The van der Waals surface area contributed by atoms with E-state index >= 15 is 0 Å². The Kier molecular flexibility index (Phi) is 5.21. The lowest BCUT2D eigenvalue weighted by molar-refractivity contribution is -0.115. The summed E-state index contributed by atoms with van der Waals surface area (Å²) in [5.74, 6) is 1.15. The third-order valence-corrected chi connectivity index (χ3v) is 4.13. The van der Waals surface area contributed by atoms with Crippen LogP contribution in [0.3, 0.4) is 0 Å². The molecule has 1 unspecified atom stereocenters. The summed E-state index contributed by atoms with van der Waals surface area (Å²) in [5, 5.41) is 6.46. The maximum absolute atomic E-state index is 12.1. The molecule has 0 spiro atoms. The number of hydrogen-bond acceptors (Lipinski definition) is 4. The number of nitrogens with one attached hydrogen (secondary N) is 3. The fourth-order valence-corrected chi connectivity index (χ4v) is 2.66. The van der Waals surface area contributed by atoms with E-state index in [0.29, 0.717) is 16.5 Å². The zero-order valence-corrected chi connectivity index (χ0v) is 14.7. The molecule has 7 heteroatoms. The zero-order chi connectivity index (χ0) is 17.8. The van der Waals surface area contributed by atoms with Gasteiger partial charge in [0.1, 0.15) is 11.6 Å². The Bertz CT molecular complexity index is 861. The van der Waals surface area contributed by atoms with Crippen LogP contribution >= 0.6 is 11.6 Å². The molecule has 2 aromatic carbocycles. The molecule has 0 saturated carbocycles. The van der Waals surface area contributed by atoms with Crippen LogP contribution in [0.5, 0.6) is 5.75 Å². The molecular formula is C18H19ClN4O2. The van der Waals surface area contributed by atoms with E-state index in [2.05, 4.69) is 20.6 Å². The van der Waals surface area contributed by atoms with Crippen molar-refractivity contribution in [3.63, 3.8) is 0 Å². The van der Waals surface area contributed by atoms with Crippen LogP contribution in [0.2, 0.25) is 5.02 Å². The number of rotatable bonds is 6. The number of nitrogens with zero attached hydrogens (tertiary/aromatic N) is 1. The number of fused-ring (bicyclic) bond motifs is 1. The molecule has 0 bridgehead atoms. The monoisotopic (exact) mass is 358 g/mol. The highest BCUT2D eigenvalue weighted by Crippen LogP contribution is 2.27. The second-order valence-corrected chi connectivity index (χ2v) is 6.05. The Morgan fingerprint density at radius 1 is 1.32 bits per heavy atom. The van der Waals surface area contributed by atoms with Crippen LogP contribution in [0.1, 0.15) is 18.8 Å². The van der Waals surface area contributed by atoms with Gasteiger partial charge < -0.3 is 15.0 Å². The Labute approximate surface area is 150 Å². The minimum atomic E-state index is -0.160. The molecule has 0 saturated heterocycles. The van der Waals surface area contributed by atoms with Gasteiger partial charge in [-0.3, -0.25) is 10.1 Å². The number of hydrogen-bond donors (Lipinski definition) is 3. The fraction of sp³-hybridized carbons (Fsp3) is 0.222. The summed E-state index contributed by atoms with van der Waals surface area (Å²) < 4.78 is 5.14. The first-order chi connectivity index (χ1) is 12.1. The van der Waals surface area contributed by atoms with Crippen molar-refractivity contribution in [3.05, 3.63) is 53.3 Å². The summed E-state index contributed by atoms with van der Waals surface area (Å²) >= 11 is 5.98. The standard InChI is InChI=1S/C18H19ClN4O2/c1-11(18-22-14-5-3-4-6-15(14)23-18)20-10-17(24)21-12-7-8-13(19)16(9-12)25-2/h3-9,11,20H,10H2,1-2H3,(H,21,24)(H,22,23). The van der Waals surface area contributed by atoms with Crippen molar-refractivity contribution >= 4 is 34.2 Å². The third-order valence-electron chi connectivity index (χ3n) is 3.82. The van der Waals surface area contributed by atoms with Crippen molar-refractivity contribution in [1.29, 1.82) is 0 Å².